The highest BCUT2D eigenvalue weighted by atomic mass is 32.2. The fourth-order valence-corrected chi connectivity index (χ4v) is 4.54. The molecule has 0 bridgehead atoms. The molecular weight excluding hydrogens is 398 g/mol. The van der Waals surface area contributed by atoms with Gasteiger partial charge in [-0.3, -0.25) is 9.69 Å². The summed E-state index contributed by atoms with van der Waals surface area (Å²) in [6, 6.07) is 14.7. The number of carboxylic acid groups (broad SMARTS) is 1. The molecule has 2 heterocycles. The Hall–Kier alpha value is -3.06. The van der Waals surface area contributed by atoms with Crippen molar-refractivity contribution in [3.8, 4) is 0 Å². The molecule has 0 spiro atoms. The van der Waals surface area contributed by atoms with Crippen molar-refractivity contribution >= 4 is 46.3 Å². The zero-order chi connectivity index (χ0) is 21.1. The molecule has 154 valence electrons. The highest BCUT2D eigenvalue weighted by Crippen LogP contribution is 2.33. The Morgan fingerprint density at radius 2 is 1.83 bits per heavy atom. The van der Waals surface area contributed by atoms with E-state index in [0.717, 1.165) is 18.7 Å². The van der Waals surface area contributed by atoms with Gasteiger partial charge in [-0.25, -0.2) is 9.79 Å². The van der Waals surface area contributed by atoms with Crippen molar-refractivity contribution in [2.24, 2.45) is 4.99 Å². The van der Waals surface area contributed by atoms with Crippen LogP contribution in [0.15, 0.2) is 58.4 Å². The van der Waals surface area contributed by atoms with Crippen molar-refractivity contribution in [2.75, 3.05) is 25.0 Å². The number of rotatable bonds is 4. The summed E-state index contributed by atoms with van der Waals surface area (Å²) in [6.45, 7) is 2.20. The van der Waals surface area contributed by atoms with Crippen LogP contribution in [-0.4, -0.2) is 47.2 Å². The number of hydrogen-bond acceptors (Lipinski definition) is 5. The second-order valence-electron chi connectivity index (χ2n) is 7.36. The van der Waals surface area contributed by atoms with E-state index in [0.29, 0.717) is 15.8 Å². The summed E-state index contributed by atoms with van der Waals surface area (Å²) in [4.78, 5) is 32.8. The van der Waals surface area contributed by atoms with E-state index < -0.39 is 5.97 Å². The molecule has 0 saturated carbocycles. The molecule has 2 aliphatic rings. The van der Waals surface area contributed by atoms with Gasteiger partial charge in [-0.15, -0.1) is 0 Å². The van der Waals surface area contributed by atoms with Crippen molar-refractivity contribution < 1.29 is 14.7 Å². The monoisotopic (exact) mass is 421 g/mol. The van der Waals surface area contributed by atoms with Gasteiger partial charge >= 0.3 is 5.97 Å². The van der Waals surface area contributed by atoms with Gasteiger partial charge < -0.3 is 10.0 Å². The van der Waals surface area contributed by atoms with E-state index in [4.69, 9.17) is 5.11 Å². The highest BCUT2D eigenvalue weighted by Gasteiger charge is 2.30. The average Bonchev–Trinajstić information content (AvgIpc) is 3.03. The lowest BCUT2D eigenvalue weighted by molar-refractivity contribution is -0.121. The minimum absolute atomic E-state index is 0.117. The summed E-state index contributed by atoms with van der Waals surface area (Å²) < 4.78 is 0. The molecule has 2 aromatic carbocycles. The molecule has 2 aromatic rings. The second kappa shape index (κ2) is 8.75. The van der Waals surface area contributed by atoms with Crippen LogP contribution in [0.5, 0.6) is 0 Å². The molecule has 30 heavy (non-hydrogen) atoms. The predicted octanol–water partition coefficient (Wildman–Crippen LogP) is 4.61. The van der Waals surface area contributed by atoms with Crippen molar-refractivity contribution in [3.05, 3.63) is 64.6 Å². The van der Waals surface area contributed by atoms with Crippen LogP contribution in [0, 0.1) is 0 Å². The number of amides is 1. The van der Waals surface area contributed by atoms with Crippen molar-refractivity contribution in [1.82, 2.24) is 4.90 Å². The number of carbonyl (C=O) groups is 2. The van der Waals surface area contributed by atoms with Gasteiger partial charge in [0.1, 0.15) is 0 Å². The number of carbonyl (C=O) groups excluding carboxylic acids is 1. The van der Waals surface area contributed by atoms with Crippen LogP contribution < -0.4 is 4.90 Å². The topological polar surface area (TPSA) is 73.2 Å². The van der Waals surface area contributed by atoms with Crippen LogP contribution in [0.3, 0.4) is 0 Å². The smallest absolute Gasteiger partial charge is 0.335 e. The number of aliphatic imine (C=N–C) groups is 1. The van der Waals surface area contributed by atoms with Gasteiger partial charge in [0.2, 0.25) is 0 Å². The van der Waals surface area contributed by atoms with Gasteiger partial charge in [-0.05, 0) is 73.0 Å². The predicted molar refractivity (Wildman–Crippen MR) is 121 cm³/mol. The van der Waals surface area contributed by atoms with Crippen molar-refractivity contribution in [2.45, 2.75) is 19.3 Å². The Morgan fingerprint density at radius 3 is 2.53 bits per heavy atom. The summed E-state index contributed by atoms with van der Waals surface area (Å²) in [7, 11) is 1.68. The molecule has 7 heteroatoms. The molecule has 2 aliphatic heterocycles. The Balaban J connectivity index is 1.52. The number of likely N-dealkylation sites (N-methyl/N-ethyl adjacent to an activating group) is 1. The number of benzene rings is 2. The third-order valence-corrected chi connectivity index (χ3v) is 6.29. The van der Waals surface area contributed by atoms with Crippen LogP contribution in [0.1, 0.15) is 35.2 Å². The number of hydrogen-bond donors (Lipinski definition) is 1. The van der Waals surface area contributed by atoms with E-state index in [1.54, 1.807) is 19.2 Å². The summed E-state index contributed by atoms with van der Waals surface area (Å²) in [6.07, 6.45) is 5.65. The normalized spacial score (nSPS) is 19.7. The Bertz CT molecular complexity index is 1020. The maximum absolute atomic E-state index is 12.7. The second-order valence-corrected chi connectivity index (χ2v) is 8.37. The zero-order valence-corrected chi connectivity index (χ0v) is 17.6. The molecule has 0 radical (unpaired) electrons. The summed E-state index contributed by atoms with van der Waals surface area (Å²) in [5.74, 6) is -1.12. The molecule has 1 amide bonds. The SMILES string of the molecule is CN1C(=O)/C(=C/c2ccc(N3CCCCC3)cc2)SC1=Nc1cccc(C(=O)O)c1. The van der Waals surface area contributed by atoms with Crippen LogP contribution in [0.4, 0.5) is 11.4 Å². The first-order valence-electron chi connectivity index (χ1n) is 9.96. The minimum atomic E-state index is -1.01. The Kier molecular flexibility index (Phi) is 5.90. The van der Waals surface area contributed by atoms with E-state index in [1.165, 1.54) is 53.7 Å². The molecule has 1 N–H and O–H groups in total. The van der Waals surface area contributed by atoms with Crippen LogP contribution in [0.2, 0.25) is 0 Å². The van der Waals surface area contributed by atoms with Gasteiger partial charge in [-0.1, -0.05) is 18.2 Å². The fraction of sp³-hybridized carbons (Fsp3) is 0.261. The zero-order valence-electron chi connectivity index (χ0n) is 16.7. The molecule has 4 rings (SSSR count). The van der Waals surface area contributed by atoms with Crippen molar-refractivity contribution in [1.29, 1.82) is 0 Å². The Morgan fingerprint density at radius 1 is 1.10 bits per heavy atom. The van der Waals surface area contributed by atoms with Gasteiger partial charge in [0.05, 0.1) is 16.2 Å². The van der Waals surface area contributed by atoms with E-state index in [-0.39, 0.29) is 11.5 Å². The van der Waals surface area contributed by atoms with Crippen LogP contribution in [-0.2, 0) is 4.79 Å². The highest BCUT2D eigenvalue weighted by molar-refractivity contribution is 8.18. The van der Waals surface area contributed by atoms with Gasteiger partial charge in [-0.2, -0.15) is 0 Å². The van der Waals surface area contributed by atoms with E-state index in [2.05, 4.69) is 22.0 Å². The summed E-state index contributed by atoms with van der Waals surface area (Å²) >= 11 is 1.29. The number of amidine groups is 1. The number of nitrogens with zero attached hydrogens (tertiary/aromatic N) is 3. The first-order chi connectivity index (χ1) is 14.5. The maximum atomic E-state index is 12.7. The lowest BCUT2D eigenvalue weighted by Crippen LogP contribution is -2.29. The third-order valence-electron chi connectivity index (χ3n) is 5.23. The maximum Gasteiger partial charge on any atom is 0.335 e. The first kappa shape index (κ1) is 20.2. The van der Waals surface area contributed by atoms with E-state index in [1.807, 2.05) is 18.2 Å². The largest absolute Gasteiger partial charge is 0.478 e. The molecular formula is C23H23N3O3S. The van der Waals surface area contributed by atoms with E-state index >= 15 is 0 Å². The van der Waals surface area contributed by atoms with Crippen LogP contribution >= 0.6 is 11.8 Å². The summed E-state index contributed by atoms with van der Waals surface area (Å²) in [5.41, 5.74) is 2.86. The number of thioether (sulfide) groups is 1. The van der Waals surface area contributed by atoms with Gasteiger partial charge in [0.25, 0.3) is 5.91 Å². The van der Waals surface area contributed by atoms with Crippen LogP contribution in [0.25, 0.3) is 6.08 Å². The Labute approximate surface area is 179 Å². The number of piperidine rings is 1. The first-order valence-corrected chi connectivity index (χ1v) is 10.8. The lowest BCUT2D eigenvalue weighted by atomic mass is 10.1. The molecule has 2 saturated heterocycles. The third kappa shape index (κ3) is 4.41. The lowest BCUT2D eigenvalue weighted by Gasteiger charge is -2.28. The van der Waals surface area contributed by atoms with Gasteiger partial charge in [0.15, 0.2) is 5.17 Å². The minimum Gasteiger partial charge on any atom is -0.478 e. The van der Waals surface area contributed by atoms with Gasteiger partial charge in [0, 0.05) is 25.8 Å². The molecule has 0 aliphatic carbocycles. The van der Waals surface area contributed by atoms with Crippen molar-refractivity contribution in [3.63, 3.8) is 0 Å². The average molecular weight is 422 g/mol. The molecule has 0 unspecified atom stereocenters. The number of aromatic carboxylic acids is 1. The molecule has 6 nitrogen and oxygen atoms in total. The number of anilines is 1. The summed E-state index contributed by atoms with van der Waals surface area (Å²) in [5, 5.41) is 9.67. The van der Waals surface area contributed by atoms with E-state index in [9.17, 15) is 9.59 Å². The quantitative estimate of drug-likeness (QED) is 0.730. The molecule has 2 fully saturated rings. The number of carboxylic acids is 1. The fourth-order valence-electron chi connectivity index (χ4n) is 3.56. The molecule has 0 atom stereocenters. The standard InChI is InChI=1S/C23H23N3O3S/c1-25-21(27)20(30-23(25)24-18-7-5-6-17(15-18)22(28)29)14-16-8-10-19(11-9-16)26-12-3-2-4-13-26/h5-11,14-15H,2-4,12-13H2,1H3,(H,28,29)/b20-14-,24-23?. The molecule has 0 aromatic heterocycles.